The normalized spacial score (nSPS) is 14.7. The lowest BCUT2D eigenvalue weighted by atomic mass is 10.2. The van der Waals surface area contributed by atoms with Crippen LogP contribution in [0.15, 0.2) is 52.4 Å². The molecule has 1 fully saturated rings. The third-order valence-electron chi connectivity index (χ3n) is 5.20. The molecule has 2 heterocycles. The molecule has 0 atom stereocenters. The van der Waals surface area contributed by atoms with Gasteiger partial charge in [-0.3, -0.25) is 24.1 Å². The van der Waals surface area contributed by atoms with Crippen molar-refractivity contribution in [3.8, 4) is 0 Å². The van der Waals surface area contributed by atoms with Crippen LogP contribution >= 0.6 is 11.3 Å². The van der Waals surface area contributed by atoms with E-state index in [1.165, 1.54) is 47.0 Å². The topological polar surface area (TPSA) is 158 Å². The summed E-state index contributed by atoms with van der Waals surface area (Å²) in [6.45, 7) is 1.58. The van der Waals surface area contributed by atoms with Crippen LogP contribution in [0.4, 0.5) is 5.69 Å². The molecule has 3 amide bonds. The predicted molar refractivity (Wildman–Crippen MR) is 126 cm³/mol. The summed E-state index contributed by atoms with van der Waals surface area (Å²) in [5.74, 6) is -1.79. The van der Waals surface area contributed by atoms with Gasteiger partial charge in [-0.2, -0.15) is 4.99 Å². The summed E-state index contributed by atoms with van der Waals surface area (Å²) in [5.41, 5.74) is 1.03. The third-order valence-corrected chi connectivity index (χ3v) is 7.15. The minimum Gasteiger partial charge on any atom is -0.465 e. The Kier molecular flexibility index (Phi) is 6.65. The smallest absolute Gasteiger partial charge is 0.326 e. The zero-order valence-corrected chi connectivity index (χ0v) is 20.1. The van der Waals surface area contributed by atoms with Crippen molar-refractivity contribution in [3.05, 3.63) is 52.8 Å². The average molecular weight is 517 g/mol. The van der Waals surface area contributed by atoms with Crippen LogP contribution in [0.25, 0.3) is 10.2 Å². The van der Waals surface area contributed by atoms with Gasteiger partial charge >= 0.3 is 5.97 Å². The number of hydrogen-bond donors (Lipinski definition) is 1. The molecular weight excluding hydrogens is 496 g/mol. The number of primary sulfonamides is 1. The maximum atomic E-state index is 12.9. The Labute approximate surface area is 203 Å². The van der Waals surface area contributed by atoms with Crippen LogP contribution in [0.2, 0.25) is 0 Å². The number of fused-ring (bicyclic) bond motifs is 1. The highest BCUT2D eigenvalue weighted by atomic mass is 32.2. The predicted octanol–water partition coefficient (Wildman–Crippen LogP) is 1.31. The average Bonchev–Trinajstić information content (AvgIpc) is 3.31. The lowest BCUT2D eigenvalue weighted by Gasteiger charge is -2.13. The first kappa shape index (κ1) is 24.4. The number of carbonyl (C=O) groups excluding carboxylic acids is 4. The van der Waals surface area contributed by atoms with Gasteiger partial charge in [-0.25, -0.2) is 13.6 Å². The molecule has 1 aromatic heterocycles. The number of nitrogens with zero attached hydrogens (tertiary/aromatic N) is 3. The van der Waals surface area contributed by atoms with Crippen molar-refractivity contribution in [2.24, 2.45) is 10.1 Å². The zero-order chi connectivity index (χ0) is 25.3. The molecule has 0 bridgehead atoms. The van der Waals surface area contributed by atoms with Crippen LogP contribution in [0.5, 0.6) is 0 Å². The number of nitrogens with two attached hydrogens (primary N) is 1. The van der Waals surface area contributed by atoms with Gasteiger partial charge in [0.2, 0.25) is 21.8 Å². The Balaban J connectivity index is 1.74. The number of aromatic nitrogens is 1. The minimum atomic E-state index is -3.96. The molecule has 0 unspecified atom stereocenters. The number of ether oxygens (including phenoxy) is 1. The van der Waals surface area contributed by atoms with Gasteiger partial charge in [-0.05, 0) is 49.4 Å². The lowest BCUT2D eigenvalue weighted by Crippen LogP contribution is -2.28. The van der Waals surface area contributed by atoms with E-state index >= 15 is 0 Å². The molecule has 1 aliphatic rings. The molecule has 13 heteroatoms. The van der Waals surface area contributed by atoms with Crippen LogP contribution in [0, 0.1) is 0 Å². The summed E-state index contributed by atoms with van der Waals surface area (Å²) in [4.78, 5) is 54.1. The summed E-state index contributed by atoms with van der Waals surface area (Å²) in [6, 6.07) is 9.99. The first-order chi connectivity index (χ1) is 16.6. The van der Waals surface area contributed by atoms with Gasteiger partial charge in [0.15, 0.2) is 4.80 Å². The fourth-order valence-electron chi connectivity index (χ4n) is 3.57. The summed E-state index contributed by atoms with van der Waals surface area (Å²) in [5, 5.41) is 5.22. The lowest BCUT2D eigenvalue weighted by molar-refractivity contribution is -0.143. The Morgan fingerprint density at radius 3 is 2.34 bits per heavy atom. The van der Waals surface area contributed by atoms with Crippen LogP contribution in [0.1, 0.15) is 30.1 Å². The van der Waals surface area contributed by atoms with Crippen molar-refractivity contribution in [3.63, 3.8) is 0 Å². The first-order valence-electron chi connectivity index (χ1n) is 10.4. The Morgan fingerprint density at radius 1 is 1.09 bits per heavy atom. The highest BCUT2D eigenvalue weighted by Crippen LogP contribution is 2.24. The number of sulfonamides is 1. The Morgan fingerprint density at radius 2 is 1.74 bits per heavy atom. The van der Waals surface area contributed by atoms with E-state index in [9.17, 15) is 27.6 Å². The number of thiazole rings is 1. The Hall–Kier alpha value is -3.68. The first-order valence-corrected chi connectivity index (χ1v) is 12.8. The summed E-state index contributed by atoms with van der Waals surface area (Å²) < 4.78 is 30.4. The number of rotatable bonds is 6. The maximum absolute atomic E-state index is 12.9. The van der Waals surface area contributed by atoms with Crippen LogP contribution < -0.4 is 14.8 Å². The molecule has 3 aromatic rings. The number of anilines is 1. The summed E-state index contributed by atoms with van der Waals surface area (Å²) >= 11 is 1.01. The molecule has 35 heavy (non-hydrogen) atoms. The van der Waals surface area contributed by atoms with Gasteiger partial charge in [-0.15, -0.1) is 0 Å². The summed E-state index contributed by atoms with van der Waals surface area (Å²) in [6.07, 6.45) is 0.294. The standard InChI is InChI=1S/C22H20N4O7S2/c1-2-33-20(29)12-25-16-8-7-15(35(23,31)32)11-17(16)34-22(25)24-21(30)13-3-5-14(6-4-13)26-18(27)9-10-19(26)28/h3-8,11H,2,9-10,12H2,1H3,(H2,23,31,32). The van der Waals surface area contributed by atoms with E-state index in [0.717, 1.165) is 16.2 Å². The molecular formula is C22H20N4O7S2. The number of carbonyl (C=O) groups is 4. The van der Waals surface area contributed by atoms with E-state index in [1.807, 2.05) is 0 Å². The number of esters is 1. The fraction of sp³-hybridized carbons (Fsp3) is 0.227. The van der Waals surface area contributed by atoms with E-state index in [2.05, 4.69) is 4.99 Å². The Bertz CT molecular complexity index is 1520. The van der Waals surface area contributed by atoms with Crippen LogP contribution in [-0.2, 0) is 35.7 Å². The van der Waals surface area contributed by atoms with Gasteiger partial charge in [0.25, 0.3) is 5.91 Å². The third kappa shape index (κ3) is 5.06. The second-order valence-electron chi connectivity index (χ2n) is 7.54. The monoisotopic (exact) mass is 516 g/mol. The molecule has 1 saturated heterocycles. The maximum Gasteiger partial charge on any atom is 0.326 e. The largest absolute Gasteiger partial charge is 0.465 e. The molecule has 4 rings (SSSR count). The molecule has 0 spiro atoms. The number of imide groups is 1. The molecule has 11 nitrogen and oxygen atoms in total. The van der Waals surface area contributed by atoms with E-state index in [1.54, 1.807) is 6.92 Å². The summed E-state index contributed by atoms with van der Waals surface area (Å²) in [7, 11) is -3.96. The van der Waals surface area contributed by atoms with Crippen LogP contribution in [-0.4, -0.2) is 43.3 Å². The van der Waals surface area contributed by atoms with E-state index in [-0.39, 0.29) is 53.1 Å². The second-order valence-corrected chi connectivity index (χ2v) is 10.1. The molecule has 0 radical (unpaired) electrons. The number of amides is 3. The van der Waals surface area contributed by atoms with E-state index < -0.39 is 21.9 Å². The zero-order valence-electron chi connectivity index (χ0n) is 18.5. The SMILES string of the molecule is CCOC(=O)Cn1c(=NC(=O)c2ccc(N3C(=O)CCC3=O)cc2)sc2cc(S(N)(=O)=O)ccc21. The van der Waals surface area contributed by atoms with E-state index in [0.29, 0.717) is 15.9 Å². The minimum absolute atomic E-state index is 0.117. The molecule has 0 aliphatic carbocycles. The van der Waals surface area contributed by atoms with Crippen molar-refractivity contribution in [2.75, 3.05) is 11.5 Å². The quantitative estimate of drug-likeness (QED) is 0.382. The molecule has 1 aliphatic heterocycles. The highest BCUT2D eigenvalue weighted by molar-refractivity contribution is 7.89. The van der Waals surface area contributed by atoms with Crippen molar-refractivity contribution in [1.82, 2.24) is 4.57 Å². The van der Waals surface area contributed by atoms with Crippen molar-refractivity contribution in [2.45, 2.75) is 31.2 Å². The van der Waals surface area contributed by atoms with Gasteiger partial charge in [0, 0.05) is 18.4 Å². The number of benzene rings is 2. The highest BCUT2D eigenvalue weighted by Gasteiger charge is 2.30. The second kappa shape index (κ2) is 9.52. The van der Waals surface area contributed by atoms with Gasteiger partial charge < -0.3 is 9.30 Å². The van der Waals surface area contributed by atoms with Gasteiger partial charge in [-0.1, -0.05) is 11.3 Å². The van der Waals surface area contributed by atoms with E-state index in [4.69, 9.17) is 9.88 Å². The van der Waals surface area contributed by atoms with Crippen molar-refractivity contribution in [1.29, 1.82) is 0 Å². The molecule has 2 aromatic carbocycles. The molecule has 0 saturated carbocycles. The van der Waals surface area contributed by atoms with Crippen molar-refractivity contribution >= 4 is 61.0 Å². The number of hydrogen-bond acceptors (Lipinski definition) is 8. The molecule has 2 N–H and O–H groups in total. The van der Waals surface area contributed by atoms with Crippen LogP contribution in [0.3, 0.4) is 0 Å². The van der Waals surface area contributed by atoms with Crippen molar-refractivity contribution < 1.29 is 32.3 Å². The fourth-order valence-corrected chi connectivity index (χ4v) is 5.25. The molecule has 182 valence electrons. The van der Waals surface area contributed by atoms with Gasteiger partial charge in [0.1, 0.15) is 6.54 Å². The van der Waals surface area contributed by atoms with Gasteiger partial charge in [0.05, 0.1) is 27.4 Å².